The molecule has 1 aromatic carbocycles. The zero-order valence-electron chi connectivity index (χ0n) is 15.1. The summed E-state index contributed by atoms with van der Waals surface area (Å²) in [6, 6.07) is 5.77. The Hall–Kier alpha value is -2.05. The van der Waals surface area contributed by atoms with Crippen LogP contribution in [-0.4, -0.2) is 55.0 Å². The van der Waals surface area contributed by atoms with Crippen molar-refractivity contribution in [3.8, 4) is 0 Å². The number of aryl methyl sites for hydroxylation is 1. The van der Waals surface area contributed by atoms with Gasteiger partial charge in [0.25, 0.3) is 0 Å². The highest BCUT2D eigenvalue weighted by Gasteiger charge is 2.33. The zero-order chi connectivity index (χ0) is 18.7. The van der Waals surface area contributed by atoms with Gasteiger partial charge in [0, 0.05) is 54.8 Å². The quantitative estimate of drug-likeness (QED) is 0.777. The Kier molecular flexibility index (Phi) is 5.84. The van der Waals surface area contributed by atoms with Crippen LogP contribution in [-0.2, 0) is 20.7 Å². The number of ether oxygens (including phenoxy) is 1. The van der Waals surface area contributed by atoms with Gasteiger partial charge >= 0.3 is 0 Å². The van der Waals surface area contributed by atoms with Crippen LogP contribution in [0.25, 0.3) is 10.9 Å². The van der Waals surface area contributed by atoms with E-state index < -0.39 is 0 Å². The molecule has 0 saturated carbocycles. The fourth-order valence-corrected chi connectivity index (χ4v) is 3.67. The van der Waals surface area contributed by atoms with Crippen molar-refractivity contribution in [3.05, 3.63) is 34.5 Å². The van der Waals surface area contributed by atoms with Crippen LogP contribution >= 0.6 is 11.6 Å². The molecule has 3 rings (SSSR count). The molecule has 140 valence electrons. The lowest BCUT2D eigenvalue weighted by Gasteiger charge is -2.15. The highest BCUT2D eigenvalue weighted by Crippen LogP contribution is 2.25. The largest absolute Gasteiger partial charge is 0.383 e. The number of rotatable bonds is 7. The highest BCUT2D eigenvalue weighted by atomic mass is 35.5. The monoisotopic (exact) mass is 377 g/mol. The van der Waals surface area contributed by atoms with Crippen molar-refractivity contribution >= 4 is 34.3 Å². The van der Waals surface area contributed by atoms with Crippen molar-refractivity contribution in [1.82, 2.24) is 15.2 Å². The van der Waals surface area contributed by atoms with Gasteiger partial charge in [0.1, 0.15) is 0 Å². The Balaban J connectivity index is 1.55. The summed E-state index contributed by atoms with van der Waals surface area (Å²) in [5.74, 6) is -0.323. The normalized spacial score (nSPS) is 17.3. The summed E-state index contributed by atoms with van der Waals surface area (Å²) in [6.07, 6.45) is 0.989. The number of halogens is 1. The summed E-state index contributed by atoms with van der Waals surface area (Å²) in [5, 5.41) is 4.76. The standard InChI is InChI=1S/C19H24ClN3O3/c1-12-15(16-10-14(20)3-4-17(16)22-12)5-6-21-19(25)13-9-18(24)23(11-13)7-8-26-2/h3-4,10,13,22H,5-9,11H2,1-2H3,(H,21,25). The van der Waals surface area contributed by atoms with Gasteiger partial charge in [-0.05, 0) is 37.1 Å². The minimum atomic E-state index is -0.280. The van der Waals surface area contributed by atoms with Crippen molar-refractivity contribution in [1.29, 1.82) is 0 Å². The van der Waals surface area contributed by atoms with Crippen LogP contribution in [0.5, 0.6) is 0 Å². The van der Waals surface area contributed by atoms with E-state index >= 15 is 0 Å². The summed E-state index contributed by atoms with van der Waals surface area (Å²) in [5.41, 5.74) is 3.29. The Morgan fingerprint density at radius 2 is 2.27 bits per heavy atom. The zero-order valence-corrected chi connectivity index (χ0v) is 15.9. The maximum atomic E-state index is 12.4. The highest BCUT2D eigenvalue weighted by molar-refractivity contribution is 6.31. The molecular formula is C19H24ClN3O3. The number of carbonyl (C=O) groups excluding carboxylic acids is 2. The topological polar surface area (TPSA) is 74.4 Å². The molecule has 1 fully saturated rings. The van der Waals surface area contributed by atoms with Crippen LogP contribution in [0.3, 0.4) is 0 Å². The van der Waals surface area contributed by atoms with E-state index in [1.807, 2.05) is 25.1 Å². The molecule has 1 aliphatic heterocycles. The molecule has 6 nitrogen and oxygen atoms in total. The number of aromatic nitrogens is 1. The van der Waals surface area contributed by atoms with Crippen LogP contribution in [0, 0.1) is 12.8 Å². The number of aromatic amines is 1. The van der Waals surface area contributed by atoms with Gasteiger partial charge in [0.05, 0.1) is 12.5 Å². The van der Waals surface area contributed by atoms with Crippen LogP contribution < -0.4 is 5.32 Å². The fraction of sp³-hybridized carbons (Fsp3) is 0.474. The first-order valence-electron chi connectivity index (χ1n) is 8.80. The number of nitrogens with zero attached hydrogens (tertiary/aromatic N) is 1. The van der Waals surface area contributed by atoms with Crippen LogP contribution in [0.2, 0.25) is 5.02 Å². The molecule has 2 aromatic rings. The Morgan fingerprint density at radius 3 is 3.04 bits per heavy atom. The van der Waals surface area contributed by atoms with Gasteiger partial charge in [0.2, 0.25) is 11.8 Å². The van der Waals surface area contributed by atoms with Crippen LogP contribution in [0.1, 0.15) is 17.7 Å². The summed E-state index contributed by atoms with van der Waals surface area (Å²) >= 11 is 6.10. The third-order valence-corrected chi connectivity index (χ3v) is 5.14. The van der Waals surface area contributed by atoms with Gasteiger partial charge in [-0.2, -0.15) is 0 Å². The molecule has 1 saturated heterocycles. The number of amides is 2. The Labute approximate surface area is 157 Å². The van der Waals surface area contributed by atoms with Gasteiger partial charge in [-0.25, -0.2) is 0 Å². The van der Waals surface area contributed by atoms with Gasteiger partial charge in [-0.1, -0.05) is 11.6 Å². The summed E-state index contributed by atoms with van der Waals surface area (Å²) in [6.45, 7) is 4.04. The fourth-order valence-electron chi connectivity index (χ4n) is 3.50. The second-order valence-corrected chi connectivity index (χ2v) is 7.13. The number of benzene rings is 1. The number of likely N-dealkylation sites (tertiary alicyclic amines) is 1. The molecule has 1 aliphatic rings. The molecule has 2 heterocycles. The van der Waals surface area contributed by atoms with Crippen molar-refractivity contribution in [2.45, 2.75) is 19.8 Å². The van der Waals surface area contributed by atoms with Crippen LogP contribution in [0.15, 0.2) is 18.2 Å². The lowest BCUT2D eigenvalue weighted by Crippen LogP contribution is -2.34. The molecule has 1 unspecified atom stereocenters. The smallest absolute Gasteiger partial charge is 0.225 e. The van der Waals surface area contributed by atoms with E-state index in [-0.39, 0.29) is 24.2 Å². The number of hydrogen-bond acceptors (Lipinski definition) is 3. The van der Waals surface area contributed by atoms with E-state index in [1.54, 1.807) is 12.0 Å². The molecule has 2 N–H and O–H groups in total. The third kappa shape index (κ3) is 4.02. The van der Waals surface area contributed by atoms with E-state index in [1.165, 1.54) is 0 Å². The molecular weight excluding hydrogens is 354 g/mol. The molecule has 1 aromatic heterocycles. The van der Waals surface area contributed by atoms with Gasteiger partial charge in [0.15, 0.2) is 0 Å². The van der Waals surface area contributed by atoms with Crippen LogP contribution in [0.4, 0.5) is 0 Å². The van der Waals surface area contributed by atoms with Crippen molar-refractivity contribution in [2.75, 3.05) is 33.4 Å². The number of carbonyl (C=O) groups is 2. The van der Waals surface area contributed by atoms with E-state index in [2.05, 4.69) is 10.3 Å². The lowest BCUT2D eigenvalue weighted by molar-refractivity contribution is -0.129. The predicted molar refractivity (Wildman–Crippen MR) is 101 cm³/mol. The predicted octanol–water partition coefficient (Wildman–Crippen LogP) is 2.28. The number of H-pyrrole nitrogens is 1. The Morgan fingerprint density at radius 1 is 1.46 bits per heavy atom. The van der Waals surface area contributed by atoms with E-state index in [0.29, 0.717) is 37.7 Å². The lowest BCUT2D eigenvalue weighted by atomic mass is 10.1. The average Bonchev–Trinajstić information content (AvgIpc) is 3.13. The second kappa shape index (κ2) is 8.10. The maximum Gasteiger partial charge on any atom is 0.225 e. The van der Waals surface area contributed by atoms with Crippen molar-refractivity contribution in [2.24, 2.45) is 5.92 Å². The third-order valence-electron chi connectivity index (χ3n) is 4.91. The molecule has 0 aliphatic carbocycles. The first kappa shape index (κ1) is 18.7. The molecule has 0 spiro atoms. The number of hydrogen-bond donors (Lipinski definition) is 2. The first-order chi connectivity index (χ1) is 12.5. The number of nitrogens with one attached hydrogen (secondary N) is 2. The average molecular weight is 378 g/mol. The molecule has 0 bridgehead atoms. The molecule has 7 heteroatoms. The van der Waals surface area contributed by atoms with Gasteiger partial charge in [-0.3, -0.25) is 9.59 Å². The number of fused-ring (bicyclic) bond motifs is 1. The molecule has 2 amide bonds. The van der Waals surface area contributed by atoms with Gasteiger partial charge < -0.3 is 19.9 Å². The van der Waals surface area contributed by atoms with Crippen molar-refractivity contribution in [3.63, 3.8) is 0 Å². The molecule has 0 radical (unpaired) electrons. The summed E-state index contributed by atoms with van der Waals surface area (Å²) < 4.78 is 5.00. The van der Waals surface area contributed by atoms with E-state index in [9.17, 15) is 9.59 Å². The van der Waals surface area contributed by atoms with E-state index in [0.717, 1.165) is 22.2 Å². The molecule has 26 heavy (non-hydrogen) atoms. The minimum Gasteiger partial charge on any atom is -0.383 e. The first-order valence-corrected chi connectivity index (χ1v) is 9.18. The van der Waals surface area contributed by atoms with E-state index in [4.69, 9.17) is 16.3 Å². The Bertz CT molecular complexity index is 818. The summed E-state index contributed by atoms with van der Waals surface area (Å²) in [7, 11) is 1.60. The van der Waals surface area contributed by atoms with Gasteiger partial charge in [-0.15, -0.1) is 0 Å². The number of methoxy groups -OCH3 is 1. The second-order valence-electron chi connectivity index (χ2n) is 6.69. The van der Waals surface area contributed by atoms with Crippen molar-refractivity contribution < 1.29 is 14.3 Å². The minimum absolute atomic E-state index is 0.0179. The molecule has 1 atom stereocenters. The SMILES string of the molecule is COCCN1CC(C(=O)NCCc2c(C)[nH]c3ccc(Cl)cc23)CC1=O. The maximum absolute atomic E-state index is 12.4. The summed E-state index contributed by atoms with van der Waals surface area (Å²) in [4.78, 5) is 29.4.